The van der Waals surface area contributed by atoms with Crippen molar-refractivity contribution in [3.05, 3.63) is 62.5 Å². The molecule has 0 saturated heterocycles. The van der Waals surface area contributed by atoms with Gasteiger partial charge in [0.05, 0.1) is 27.7 Å². The van der Waals surface area contributed by atoms with E-state index in [0.717, 1.165) is 25.3 Å². The second-order valence-electron chi connectivity index (χ2n) is 6.51. The lowest BCUT2D eigenvalue weighted by molar-refractivity contribution is -0.128. The zero-order valence-electron chi connectivity index (χ0n) is 16.1. The lowest BCUT2D eigenvalue weighted by Gasteiger charge is -2.22. The summed E-state index contributed by atoms with van der Waals surface area (Å²) in [7, 11) is 1.81. The van der Waals surface area contributed by atoms with Gasteiger partial charge in [0, 0.05) is 12.1 Å². The van der Waals surface area contributed by atoms with E-state index in [1.165, 1.54) is 23.1 Å². The van der Waals surface area contributed by atoms with Crippen LogP contribution in [0.25, 0.3) is 15.9 Å². The maximum atomic E-state index is 12.8. The molecule has 0 aliphatic carbocycles. The number of hydrogen-bond donors (Lipinski definition) is 0. The molecule has 1 unspecified atom stereocenters. The van der Waals surface area contributed by atoms with Crippen LogP contribution in [0.5, 0.6) is 0 Å². The average Bonchev–Trinajstić information content (AvgIpc) is 3.35. The number of amides is 1. The summed E-state index contributed by atoms with van der Waals surface area (Å²) >= 11 is 15.8. The predicted octanol–water partition coefficient (Wildman–Crippen LogP) is 6.24. The molecule has 0 fully saturated rings. The van der Waals surface area contributed by atoms with Crippen molar-refractivity contribution in [2.24, 2.45) is 0 Å². The molecule has 0 radical (unpaired) electrons. The third-order valence-electron chi connectivity index (χ3n) is 4.56. The van der Waals surface area contributed by atoms with Crippen LogP contribution < -0.4 is 0 Å². The van der Waals surface area contributed by atoms with E-state index in [0.29, 0.717) is 8.98 Å². The van der Waals surface area contributed by atoms with Gasteiger partial charge in [0.25, 0.3) is 0 Å². The quantitative estimate of drug-likeness (QED) is 0.235. The number of para-hydroxylation sites is 1. The number of thioether (sulfide) groups is 1. The van der Waals surface area contributed by atoms with E-state index >= 15 is 0 Å². The third-order valence-corrected chi connectivity index (χ3v) is 8.37. The van der Waals surface area contributed by atoms with Crippen molar-refractivity contribution in [1.29, 1.82) is 0 Å². The molecule has 0 bridgehead atoms. The van der Waals surface area contributed by atoms with Crippen LogP contribution in [0.15, 0.2) is 52.9 Å². The van der Waals surface area contributed by atoms with Crippen LogP contribution in [0.3, 0.4) is 0 Å². The van der Waals surface area contributed by atoms with Crippen LogP contribution in [0.2, 0.25) is 5.02 Å². The fourth-order valence-corrected chi connectivity index (χ4v) is 6.21. The second kappa shape index (κ2) is 9.15. The Morgan fingerprint density at radius 3 is 2.70 bits per heavy atom. The summed E-state index contributed by atoms with van der Waals surface area (Å²) in [6.07, 6.45) is 0. The molecule has 1 amide bonds. The third kappa shape index (κ3) is 4.60. The molecule has 2 aromatic heterocycles. The van der Waals surface area contributed by atoms with E-state index in [9.17, 15) is 4.79 Å². The Hall–Kier alpha value is -1.78. The van der Waals surface area contributed by atoms with Crippen molar-refractivity contribution < 1.29 is 4.79 Å². The topological polar surface area (TPSA) is 51.0 Å². The Labute approximate surface area is 196 Å². The van der Waals surface area contributed by atoms with Crippen LogP contribution in [0.1, 0.15) is 18.0 Å². The Kier molecular flexibility index (Phi) is 6.54. The van der Waals surface area contributed by atoms with Gasteiger partial charge in [-0.15, -0.1) is 16.4 Å². The molecule has 0 N–H and O–H groups in total. The smallest absolute Gasteiger partial charge is 0.233 e. The predicted molar refractivity (Wildman–Crippen MR) is 129 cm³/mol. The highest BCUT2D eigenvalue weighted by atomic mass is 35.5. The highest BCUT2D eigenvalue weighted by Gasteiger charge is 2.21. The van der Waals surface area contributed by atoms with Gasteiger partial charge in [0.2, 0.25) is 5.91 Å². The van der Waals surface area contributed by atoms with Crippen LogP contribution in [-0.2, 0) is 4.79 Å². The minimum atomic E-state index is -0.0969. The van der Waals surface area contributed by atoms with Crippen LogP contribution >= 0.6 is 58.3 Å². The molecule has 2 heterocycles. The average molecular weight is 493 g/mol. The summed E-state index contributed by atoms with van der Waals surface area (Å²) in [5.74, 6) is 0.306. The summed E-state index contributed by atoms with van der Waals surface area (Å²) in [5.41, 5.74) is 1.81. The highest BCUT2D eigenvalue weighted by Crippen LogP contribution is 2.30. The minimum absolute atomic E-state index is 0.0194. The molecule has 4 rings (SSSR count). The number of carbonyl (C=O) groups excluding carboxylic acids is 1. The second-order valence-corrected chi connectivity index (χ2v) is 10.9. The van der Waals surface area contributed by atoms with E-state index in [2.05, 4.69) is 10.1 Å². The zero-order chi connectivity index (χ0) is 21.3. The molecule has 0 aliphatic heterocycles. The largest absolute Gasteiger partial charge is 0.336 e. The maximum absolute atomic E-state index is 12.8. The summed E-state index contributed by atoms with van der Waals surface area (Å²) in [6, 6.07) is 15.2. The molecule has 154 valence electrons. The molecule has 0 aliphatic rings. The van der Waals surface area contributed by atoms with E-state index < -0.39 is 0 Å². The van der Waals surface area contributed by atoms with Gasteiger partial charge in [0.1, 0.15) is 5.01 Å². The number of carbonyl (C=O) groups is 1. The number of nitrogens with zero attached hydrogens (tertiary/aromatic N) is 4. The number of fused-ring (bicyclic) bond motifs is 1. The fourth-order valence-electron chi connectivity index (χ4n) is 2.74. The summed E-state index contributed by atoms with van der Waals surface area (Å²) in [6.45, 7) is 2.00. The van der Waals surface area contributed by atoms with Crippen LogP contribution in [0, 0.1) is 3.95 Å². The van der Waals surface area contributed by atoms with Crippen LogP contribution in [-0.4, -0.2) is 38.4 Å². The van der Waals surface area contributed by atoms with Crippen molar-refractivity contribution >= 4 is 74.4 Å². The van der Waals surface area contributed by atoms with Gasteiger partial charge in [-0.25, -0.2) is 9.67 Å². The minimum Gasteiger partial charge on any atom is -0.336 e. The van der Waals surface area contributed by atoms with Gasteiger partial charge < -0.3 is 4.90 Å². The van der Waals surface area contributed by atoms with Gasteiger partial charge in [-0.2, -0.15) is 0 Å². The molecule has 1 atom stereocenters. The fraction of sp³-hybridized carbons (Fsp3) is 0.200. The lowest BCUT2D eigenvalue weighted by Crippen LogP contribution is -2.31. The van der Waals surface area contributed by atoms with E-state index in [1.807, 2.05) is 50.4 Å². The summed E-state index contributed by atoms with van der Waals surface area (Å²) in [5, 5.41) is 6.13. The lowest BCUT2D eigenvalue weighted by atomic mass is 10.3. The Balaban J connectivity index is 1.42. The van der Waals surface area contributed by atoms with E-state index in [1.54, 1.807) is 33.1 Å². The molecule has 10 heteroatoms. The van der Waals surface area contributed by atoms with E-state index in [4.69, 9.17) is 23.8 Å². The van der Waals surface area contributed by atoms with Gasteiger partial charge >= 0.3 is 0 Å². The molecule has 4 aromatic rings. The van der Waals surface area contributed by atoms with Gasteiger partial charge in [-0.3, -0.25) is 4.79 Å². The van der Waals surface area contributed by atoms with Crippen molar-refractivity contribution in [3.8, 4) is 5.69 Å². The molecular formula is C20H17ClN4OS4. The Bertz CT molecular complexity index is 1210. The monoisotopic (exact) mass is 492 g/mol. The number of hydrogen-bond acceptors (Lipinski definition) is 7. The first kappa shape index (κ1) is 21.5. The number of thiazole rings is 1. The standard InChI is InChI=1S/C20H17ClN4OS4/c1-12(18-22-15-5-3-4-6-16(15)29-18)24(2)17(26)11-28-19-23-25(20(27)30-19)14-9-7-13(21)8-10-14/h3-10,12H,11H2,1-2H3. The van der Waals surface area contributed by atoms with Crippen molar-refractivity contribution in [3.63, 3.8) is 0 Å². The molecule has 5 nitrogen and oxygen atoms in total. The number of benzene rings is 2. The summed E-state index contributed by atoms with van der Waals surface area (Å²) in [4.78, 5) is 19.2. The number of rotatable bonds is 6. The first-order chi connectivity index (χ1) is 14.4. The molecule has 0 spiro atoms. The summed E-state index contributed by atoms with van der Waals surface area (Å²) < 4.78 is 4.20. The first-order valence-corrected chi connectivity index (χ1v) is 12.4. The maximum Gasteiger partial charge on any atom is 0.233 e. The van der Waals surface area contributed by atoms with Crippen LogP contribution in [0.4, 0.5) is 0 Å². The van der Waals surface area contributed by atoms with Gasteiger partial charge in [0.15, 0.2) is 8.29 Å². The van der Waals surface area contributed by atoms with Crippen molar-refractivity contribution in [1.82, 2.24) is 19.7 Å². The highest BCUT2D eigenvalue weighted by molar-refractivity contribution is 8.01. The first-order valence-electron chi connectivity index (χ1n) is 9.02. The van der Waals surface area contributed by atoms with Gasteiger partial charge in [-0.05, 0) is 55.5 Å². The van der Waals surface area contributed by atoms with Crippen molar-refractivity contribution in [2.45, 2.75) is 17.3 Å². The SMILES string of the molecule is CC(c1nc2ccccc2s1)N(C)C(=O)CSc1nn(-c2ccc(Cl)cc2)c(=S)s1. The number of aromatic nitrogens is 3. The zero-order valence-corrected chi connectivity index (χ0v) is 20.1. The molecular weight excluding hydrogens is 476 g/mol. The Morgan fingerprint density at radius 2 is 1.97 bits per heavy atom. The van der Waals surface area contributed by atoms with E-state index in [-0.39, 0.29) is 17.7 Å². The molecule has 2 aromatic carbocycles. The molecule has 30 heavy (non-hydrogen) atoms. The number of halogens is 1. The normalized spacial score (nSPS) is 12.2. The van der Waals surface area contributed by atoms with Gasteiger partial charge in [-0.1, -0.05) is 46.8 Å². The molecule has 0 saturated carbocycles. The Morgan fingerprint density at radius 1 is 1.23 bits per heavy atom. The van der Waals surface area contributed by atoms with Crippen molar-refractivity contribution in [2.75, 3.05) is 12.8 Å².